The Balaban J connectivity index is 1.65. The van der Waals surface area contributed by atoms with Crippen LogP contribution in [0, 0.1) is 5.41 Å². The van der Waals surface area contributed by atoms with Gasteiger partial charge >= 0.3 is 0 Å². The van der Waals surface area contributed by atoms with Crippen molar-refractivity contribution in [3.05, 3.63) is 35.9 Å². The average molecular weight is 373 g/mol. The van der Waals surface area contributed by atoms with E-state index in [0.29, 0.717) is 11.5 Å². The van der Waals surface area contributed by atoms with Crippen molar-refractivity contribution in [2.45, 2.75) is 51.6 Å². The monoisotopic (exact) mass is 372 g/mol. The van der Waals surface area contributed by atoms with Gasteiger partial charge in [0, 0.05) is 51.5 Å². The fourth-order valence-electron chi connectivity index (χ4n) is 4.29. The SMILES string of the molecule is CN=C(NCC1(NC(C)c2ccccc2)CCOCC1)N1CCC(C)(C)C1. The van der Waals surface area contributed by atoms with Crippen LogP contribution in [0.2, 0.25) is 0 Å². The van der Waals surface area contributed by atoms with Gasteiger partial charge in [-0.3, -0.25) is 4.99 Å². The van der Waals surface area contributed by atoms with Crippen molar-refractivity contribution >= 4 is 5.96 Å². The third-order valence-electron chi connectivity index (χ3n) is 6.05. The summed E-state index contributed by atoms with van der Waals surface area (Å²) in [6, 6.07) is 11.0. The summed E-state index contributed by atoms with van der Waals surface area (Å²) in [7, 11) is 1.89. The Morgan fingerprint density at radius 2 is 1.89 bits per heavy atom. The van der Waals surface area contributed by atoms with E-state index in [1.807, 2.05) is 7.05 Å². The van der Waals surface area contributed by atoms with Crippen LogP contribution < -0.4 is 10.6 Å². The molecule has 1 atom stereocenters. The third-order valence-corrected chi connectivity index (χ3v) is 6.05. The second-order valence-electron chi connectivity index (χ2n) is 8.91. The van der Waals surface area contributed by atoms with E-state index >= 15 is 0 Å². The van der Waals surface area contributed by atoms with Gasteiger partial charge in [-0.15, -0.1) is 0 Å². The van der Waals surface area contributed by atoms with Crippen molar-refractivity contribution in [3.8, 4) is 0 Å². The van der Waals surface area contributed by atoms with E-state index in [2.05, 4.69) is 71.6 Å². The molecular weight excluding hydrogens is 336 g/mol. The summed E-state index contributed by atoms with van der Waals surface area (Å²) < 4.78 is 5.66. The average Bonchev–Trinajstić information content (AvgIpc) is 3.03. The molecule has 0 spiro atoms. The zero-order valence-electron chi connectivity index (χ0n) is 17.4. The summed E-state index contributed by atoms with van der Waals surface area (Å²) in [6.45, 7) is 11.6. The molecule has 5 nitrogen and oxygen atoms in total. The predicted octanol–water partition coefficient (Wildman–Crippen LogP) is 3.19. The Labute approximate surface area is 164 Å². The van der Waals surface area contributed by atoms with Crippen LogP contribution in [0.15, 0.2) is 35.3 Å². The largest absolute Gasteiger partial charge is 0.381 e. The minimum Gasteiger partial charge on any atom is -0.381 e. The van der Waals surface area contributed by atoms with Crippen LogP contribution in [0.3, 0.4) is 0 Å². The van der Waals surface area contributed by atoms with Gasteiger partial charge in [0.1, 0.15) is 0 Å². The van der Waals surface area contributed by atoms with Gasteiger partial charge in [0.05, 0.1) is 0 Å². The lowest BCUT2D eigenvalue weighted by atomic mass is 9.88. The predicted molar refractivity (Wildman–Crippen MR) is 112 cm³/mol. The zero-order chi connectivity index (χ0) is 19.3. The molecule has 0 radical (unpaired) electrons. The molecule has 2 N–H and O–H groups in total. The molecule has 2 saturated heterocycles. The van der Waals surface area contributed by atoms with E-state index in [1.54, 1.807) is 0 Å². The highest BCUT2D eigenvalue weighted by Gasteiger charge is 2.36. The summed E-state index contributed by atoms with van der Waals surface area (Å²) in [5.41, 5.74) is 1.72. The molecule has 27 heavy (non-hydrogen) atoms. The molecule has 0 saturated carbocycles. The third kappa shape index (κ3) is 5.23. The molecule has 0 amide bonds. The van der Waals surface area contributed by atoms with Crippen molar-refractivity contribution in [3.63, 3.8) is 0 Å². The number of likely N-dealkylation sites (tertiary alicyclic amines) is 1. The number of nitrogens with one attached hydrogen (secondary N) is 2. The lowest BCUT2D eigenvalue weighted by Gasteiger charge is -2.41. The van der Waals surface area contributed by atoms with Gasteiger partial charge in [-0.1, -0.05) is 44.2 Å². The Hall–Kier alpha value is -1.59. The highest BCUT2D eigenvalue weighted by molar-refractivity contribution is 5.80. The Kier molecular flexibility index (Phi) is 6.43. The van der Waals surface area contributed by atoms with Gasteiger partial charge in [-0.05, 0) is 37.2 Å². The Morgan fingerprint density at radius 1 is 1.19 bits per heavy atom. The van der Waals surface area contributed by atoms with Gasteiger partial charge in [-0.2, -0.15) is 0 Å². The zero-order valence-corrected chi connectivity index (χ0v) is 17.4. The first kappa shape index (κ1) is 20.2. The molecule has 1 aromatic rings. The molecule has 5 heteroatoms. The molecule has 1 unspecified atom stereocenters. The lowest BCUT2D eigenvalue weighted by molar-refractivity contribution is 0.0353. The smallest absolute Gasteiger partial charge is 0.193 e. The maximum Gasteiger partial charge on any atom is 0.193 e. The van der Waals surface area contributed by atoms with Crippen LogP contribution in [0.5, 0.6) is 0 Å². The molecule has 2 aliphatic rings. The molecule has 0 bridgehead atoms. The molecule has 2 heterocycles. The topological polar surface area (TPSA) is 48.9 Å². The van der Waals surface area contributed by atoms with E-state index < -0.39 is 0 Å². The number of rotatable bonds is 5. The number of aliphatic imine (C=N–C) groups is 1. The van der Waals surface area contributed by atoms with Crippen molar-refractivity contribution in [2.24, 2.45) is 10.4 Å². The highest BCUT2D eigenvalue weighted by Crippen LogP contribution is 2.29. The van der Waals surface area contributed by atoms with Crippen molar-refractivity contribution in [2.75, 3.05) is 39.9 Å². The first-order chi connectivity index (χ1) is 12.9. The van der Waals surface area contributed by atoms with Crippen molar-refractivity contribution in [1.29, 1.82) is 0 Å². The highest BCUT2D eigenvalue weighted by atomic mass is 16.5. The number of nitrogens with zero attached hydrogens (tertiary/aromatic N) is 2. The van der Waals surface area contributed by atoms with Gasteiger partial charge < -0.3 is 20.3 Å². The Bertz CT molecular complexity index is 622. The minimum atomic E-state index is 0.0265. The maximum absolute atomic E-state index is 5.66. The second-order valence-corrected chi connectivity index (χ2v) is 8.91. The molecule has 2 aliphatic heterocycles. The summed E-state index contributed by atoms with van der Waals surface area (Å²) in [5, 5.41) is 7.59. The number of hydrogen-bond donors (Lipinski definition) is 2. The molecular formula is C22H36N4O. The summed E-state index contributed by atoms with van der Waals surface area (Å²) in [4.78, 5) is 6.96. The minimum absolute atomic E-state index is 0.0265. The molecule has 3 rings (SSSR count). The lowest BCUT2D eigenvalue weighted by Crippen LogP contribution is -2.58. The normalized spacial score (nSPS) is 23.3. The standard InChI is InChI=1S/C22H36N4O/c1-18(19-8-6-5-7-9-19)25-22(11-14-27-15-12-22)16-24-20(23-4)26-13-10-21(2,3)17-26/h5-9,18,25H,10-17H2,1-4H3,(H,23,24). The van der Waals surface area contributed by atoms with Crippen LogP contribution in [-0.4, -0.2) is 56.3 Å². The van der Waals surface area contributed by atoms with Gasteiger partial charge in [0.2, 0.25) is 0 Å². The second kappa shape index (κ2) is 8.61. The maximum atomic E-state index is 5.66. The number of hydrogen-bond acceptors (Lipinski definition) is 3. The summed E-state index contributed by atoms with van der Waals surface area (Å²) >= 11 is 0. The van der Waals surface area contributed by atoms with Gasteiger partial charge in [-0.25, -0.2) is 0 Å². The first-order valence-corrected chi connectivity index (χ1v) is 10.3. The molecule has 150 valence electrons. The van der Waals surface area contributed by atoms with Crippen LogP contribution in [0.1, 0.15) is 51.6 Å². The quantitative estimate of drug-likeness (QED) is 0.616. The molecule has 1 aromatic carbocycles. The number of guanidine groups is 1. The van der Waals surface area contributed by atoms with E-state index in [4.69, 9.17) is 4.74 Å². The molecule has 0 aromatic heterocycles. The summed E-state index contributed by atoms with van der Waals surface area (Å²) in [6.07, 6.45) is 3.25. The fraction of sp³-hybridized carbons (Fsp3) is 0.682. The Morgan fingerprint density at radius 3 is 2.48 bits per heavy atom. The van der Waals surface area contributed by atoms with E-state index in [0.717, 1.165) is 51.6 Å². The van der Waals surface area contributed by atoms with Crippen LogP contribution >= 0.6 is 0 Å². The van der Waals surface area contributed by atoms with E-state index in [-0.39, 0.29) is 5.54 Å². The summed E-state index contributed by atoms with van der Waals surface area (Å²) in [5.74, 6) is 1.03. The molecule has 2 fully saturated rings. The molecule has 0 aliphatic carbocycles. The van der Waals surface area contributed by atoms with Crippen LogP contribution in [0.25, 0.3) is 0 Å². The number of ether oxygens (including phenoxy) is 1. The van der Waals surface area contributed by atoms with E-state index in [1.165, 1.54) is 12.0 Å². The fourth-order valence-corrected chi connectivity index (χ4v) is 4.29. The van der Waals surface area contributed by atoms with Gasteiger partial charge in [0.25, 0.3) is 0 Å². The first-order valence-electron chi connectivity index (χ1n) is 10.3. The van der Waals surface area contributed by atoms with Crippen LogP contribution in [0.4, 0.5) is 0 Å². The van der Waals surface area contributed by atoms with Crippen molar-refractivity contribution < 1.29 is 4.74 Å². The van der Waals surface area contributed by atoms with Crippen molar-refractivity contribution in [1.82, 2.24) is 15.5 Å². The van der Waals surface area contributed by atoms with Gasteiger partial charge in [0.15, 0.2) is 5.96 Å². The number of benzene rings is 1. The van der Waals surface area contributed by atoms with Crippen LogP contribution in [-0.2, 0) is 4.74 Å². The van der Waals surface area contributed by atoms with E-state index in [9.17, 15) is 0 Å².